The topological polar surface area (TPSA) is 84.5 Å². The lowest BCUT2D eigenvalue weighted by Crippen LogP contribution is -2.30. The molecule has 2 aromatic rings. The van der Waals surface area contributed by atoms with E-state index in [1.807, 2.05) is 0 Å². The van der Waals surface area contributed by atoms with Crippen LogP contribution in [0.25, 0.3) is 0 Å². The number of carbonyl (C=O) groups is 1. The predicted molar refractivity (Wildman–Crippen MR) is 97.6 cm³/mol. The highest BCUT2D eigenvalue weighted by Crippen LogP contribution is 2.25. The molecule has 1 amide bonds. The first-order valence-electron chi connectivity index (χ1n) is 7.51. The summed E-state index contributed by atoms with van der Waals surface area (Å²) in [6, 6.07) is 11.5. The highest BCUT2D eigenvalue weighted by Gasteiger charge is 2.19. The molecule has 0 saturated carbocycles. The lowest BCUT2D eigenvalue weighted by molar-refractivity contribution is -0.122. The van der Waals surface area contributed by atoms with Crippen molar-refractivity contribution in [3.05, 3.63) is 53.1 Å². The van der Waals surface area contributed by atoms with Crippen molar-refractivity contribution in [3.8, 4) is 5.75 Å². The molecule has 0 saturated heterocycles. The van der Waals surface area contributed by atoms with Gasteiger partial charge in [0, 0.05) is 5.69 Å². The Bertz CT molecular complexity index is 884. The molecule has 1 atom stereocenters. The van der Waals surface area contributed by atoms with Gasteiger partial charge in [-0.1, -0.05) is 29.8 Å². The summed E-state index contributed by atoms with van der Waals surface area (Å²) < 4.78 is 31.8. The number of rotatable bonds is 6. The monoisotopic (exact) mass is 382 g/mol. The number of anilines is 1. The highest BCUT2D eigenvalue weighted by molar-refractivity contribution is 7.89. The van der Waals surface area contributed by atoms with Crippen LogP contribution in [-0.2, 0) is 14.8 Å². The molecule has 0 radical (unpaired) electrons. The van der Waals surface area contributed by atoms with E-state index in [-0.39, 0.29) is 4.90 Å². The molecule has 8 heteroatoms. The molecule has 1 unspecified atom stereocenters. The van der Waals surface area contributed by atoms with E-state index in [0.29, 0.717) is 22.0 Å². The zero-order valence-corrected chi connectivity index (χ0v) is 15.6. The summed E-state index contributed by atoms with van der Waals surface area (Å²) in [6.07, 6.45) is -0.814. The minimum atomic E-state index is -3.61. The van der Waals surface area contributed by atoms with Crippen LogP contribution in [0.3, 0.4) is 0 Å². The summed E-state index contributed by atoms with van der Waals surface area (Å²) >= 11 is 6.01. The van der Waals surface area contributed by atoms with Gasteiger partial charge >= 0.3 is 0 Å². The van der Waals surface area contributed by atoms with Crippen LogP contribution in [0.4, 0.5) is 5.69 Å². The van der Waals surface area contributed by atoms with Gasteiger partial charge in [0.2, 0.25) is 10.0 Å². The fourth-order valence-corrected chi connectivity index (χ4v) is 3.28. The second-order valence-electron chi connectivity index (χ2n) is 5.37. The van der Waals surface area contributed by atoms with E-state index in [1.165, 1.54) is 13.1 Å². The van der Waals surface area contributed by atoms with Crippen molar-refractivity contribution < 1.29 is 17.9 Å². The number of benzene rings is 2. The second-order valence-corrected chi connectivity index (χ2v) is 7.63. The van der Waals surface area contributed by atoms with Crippen LogP contribution in [0.1, 0.15) is 12.5 Å². The zero-order valence-electron chi connectivity index (χ0n) is 14.0. The van der Waals surface area contributed by atoms with Gasteiger partial charge in [-0.05, 0) is 50.7 Å². The summed E-state index contributed by atoms with van der Waals surface area (Å²) in [6.45, 7) is 3.26. The van der Waals surface area contributed by atoms with Crippen molar-refractivity contribution in [1.29, 1.82) is 0 Å². The van der Waals surface area contributed by atoms with Gasteiger partial charge in [0.25, 0.3) is 5.91 Å². The van der Waals surface area contributed by atoms with Gasteiger partial charge in [-0.2, -0.15) is 0 Å². The van der Waals surface area contributed by atoms with Crippen molar-refractivity contribution in [1.82, 2.24) is 4.72 Å². The van der Waals surface area contributed by atoms with Crippen LogP contribution in [0.5, 0.6) is 5.75 Å². The van der Waals surface area contributed by atoms with Gasteiger partial charge in [-0.25, -0.2) is 13.1 Å². The molecule has 6 nitrogen and oxygen atoms in total. The first kappa shape index (κ1) is 19.2. The maximum Gasteiger partial charge on any atom is 0.265 e. The normalized spacial score (nSPS) is 12.5. The van der Waals surface area contributed by atoms with Gasteiger partial charge < -0.3 is 10.1 Å². The zero-order chi connectivity index (χ0) is 18.6. The third kappa shape index (κ3) is 4.72. The molecule has 0 fully saturated rings. The van der Waals surface area contributed by atoms with Crippen LogP contribution < -0.4 is 14.8 Å². The number of hydrogen-bond donors (Lipinski definition) is 2. The fraction of sp³-hybridized carbons (Fsp3) is 0.235. The smallest absolute Gasteiger partial charge is 0.265 e. The minimum Gasteiger partial charge on any atom is -0.479 e. The first-order valence-corrected chi connectivity index (χ1v) is 9.37. The molecule has 2 rings (SSSR count). The maximum atomic E-state index is 12.3. The minimum absolute atomic E-state index is 0.104. The van der Waals surface area contributed by atoms with Crippen molar-refractivity contribution >= 4 is 33.2 Å². The van der Waals surface area contributed by atoms with Gasteiger partial charge in [-0.3, -0.25) is 4.79 Å². The van der Waals surface area contributed by atoms with Gasteiger partial charge in [-0.15, -0.1) is 0 Å². The molecule has 0 bridgehead atoms. The van der Waals surface area contributed by atoms with E-state index in [2.05, 4.69) is 10.0 Å². The highest BCUT2D eigenvalue weighted by atomic mass is 35.5. The van der Waals surface area contributed by atoms with Crippen LogP contribution in [-0.4, -0.2) is 27.5 Å². The molecule has 0 aliphatic rings. The molecule has 134 valence electrons. The lowest BCUT2D eigenvalue weighted by atomic mass is 10.2. The molecule has 2 aromatic carbocycles. The molecular formula is C17H19ClN2O4S. The van der Waals surface area contributed by atoms with Crippen LogP contribution in [0.15, 0.2) is 47.4 Å². The van der Waals surface area contributed by atoms with Crippen molar-refractivity contribution in [3.63, 3.8) is 0 Å². The maximum absolute atomic E-state index is 12.3. The number of sulfonamides is 1. The van der Waals surface area contributed by atoms with E-state index in [4.69, 9.17) is 16.3 Å². The molecule has 0 aliphatic carbocycles. The average molecular weight is 383 g/mol. The van der Waals surface area contributed by atoms with Gasteiger partial charge in [0.1, 0.15) is 5.75 Å². The Morgan fingerprint density at radius 3 is 2.52 bits per heavy atom. The molecule has 0 aliphatic heterocycles. The van der Waals surface area contributed by atoms with Crippen LogP contribution in [0, 0.1) is 6.92 Å². The average Bonchev–Trinajstić information content (AvgIpc) is 2.58. The molecule has 0 spiro atoms. The molecule has 0 aromatic heterocycles. The molecule has 0 heterocycles. The Morgan fingerprint density at radius 1 is 1.20 bits per heavy atom. The van der Waals surface area contributed by atoms with Crippen LogP contribution >= 0.6 is 11.6 Å². The Hall–Kier alpha value is -2.09. The summed E-state index contributed by atoms with van der Waals surface area (Å²) in [5.74, 6) is -0.0225. The molecule has 25 heavy (non-hydrogen) atoms. The number of nitrogens with one attached hydrogen (secondary N) is 2. The van der Waals surface area contributed by atoms with E-state index in [9.17, 15) is 13.2 Å². The number of ether oxygens (including phenoxy) is 1. The van der Waals surface area contributed by atoms with Gasteiger partial charge in [0.05, 0.1) is 9.92 Å². The van der Waals surface area contributed by atoms with Crippen molar-refractivity contribution in [2.75, 3.05) is 12.4 Å². The first-order chi connectivity index (χ1) is 11.7. The SMILES string of the molecule is CNS(=O)(=O)c1cc(NC(=O)C(C)Oc2ccccc2Cl)ccc1C. The Morgan fingerprint density at radius 2 is 1.88 bits per heavy atom. The quantitative estimate of drug-likeness (QED) is 0.804. The summed E-state index contributed by atoms with van der Waals surface area (Å²) in [7, 11) is -2.28. The van der Waals surface area contributed by atoms with E-state index in [0.717, 1.165) is 0 Å². The van der Waals surface area contributed by atoms with E-state index >= 15 is 0 Å². The standard InChI is InChI=1S/C17H19ClN2O4S/c1-11-8-9-13(10-16(11)25(22,23)19-3)20-17(21)12(2)24-15-7-5-4-6-14(15)18/h4-10,12,19H,1-3H3,(H,20,21). The summed E-state index contributed by atoms with van der Waals surface area (Å²) in [5, 5.41) is 3.05. The van der Waals surface area contributed by atoms with Crippen LogP contribution in [0.2, 0.25) is 5.02 Å². The third-order valence-corrected chi connectivity index (χ3v) is 5.39. The number of halogens is 1. The molecule has 2 N–H and O–H groups in total. The van der Waals surface area contributed by atoms with Crippen molar-refractivity contribution in [2.45, 2.75) is 24.8 Å². The largest absolute Gasteiger partial charge is 0.479 e. The predicted octanol–water partition coefficient (Wildman–Crippen LogP) is 2.96. The van der Waals surface area contributed by atoms with Gasteiger partial charge in [0.15, 0.2) is 6.10 Å². The number of amides is 1. The van der Waals surface area contributed by atoms with E-state index < -0.39 is 22.0 Å². The number of aryl methyl sites for hydroxylation is 1. The second kappa shape index (κ2) is 7.86. The lowest BCUT2D eigenvalue weighted by Gasteiger charge is -2.16. The summed E-state index contributed by atoms with van der Waals surface area (Å²) in [4.78, 5) is 12.4. The number of para-hydroxylation sites is 1. The Labute approximate surface area is 152 Å². The van der Waals surface area contributed by atoms with Crippen molar-refractivity contribution in [2.24, 2.45) is 0 Å². The van der Waals surface area contributed by atoms with E-state index in [1.54, 1.807) is 50.2 Å². The fourth-order valence-electron chi connectivity index (χ4n) is 2.11. The third-order valence-electron chi connectivity index (χ3n) is 3.52. The Balaban J connectivity index is 2.15. The summed E-state index contributed by atoms with van der Waals surface area (Å²) in [5.41, 5.74) is 0.937. The Kier molecular flexibility index (Phi) is 6.05. The molecular weight excluding hydrogens is 364 g/mol. The number of hydrogen-bond acceptors (Lipinski definition) is 4. The number of carbonyl (C=O) groups excluding carboxylic acids is 1.